The monoisotopic (exact) mass is 306 g/mol. The molecule has 0 unspecified atom stereocenters. The second-order valence-electron chi connectivity index (χ2n) is 4.24. The number of benzene rings is 1. The van der Waals surface area contributed by atoms with E-state index < -0.39 is 4.92 Å². The molecule has 2 aromatic rings. The topological polar surface area (TPSA) is 97.2 Å². The number of anilines is 2. The highest BCUT2D eigenvalue weighted by atomic mass is 32.1. The van der Waals surface area contributed by atoms with Crippen molar-refractivity contribution < 1.29 is 9.72 Å². The van der Waals surface area contributed by atoms with Gasteiger partial charge in [0.1, 0.15) is 6.20 Å². The molecule has 1 heterocycles. The molecule has 0 atom stereocenters. The molecule has 0 aliphatic heterocycles. The standard InChI is InChI=1S/C13H14N4O3S/c1-3-14-9-6-4-5-8(2)11(9)12(18)16-13-15-7-10(21-13)17(19)20/h4-7,14H,3H2,1-2H3,(H,15,16,18). The van der Waals surface area contributed by atoms with Gasteiger partial charge in [0.2, 0.25) is 0 Å². The summed E-state index contributed by atoms with van der Waals surface area (Å²) in [5, 5.41) is 16.4. The van der Waals surface area contributed by atoms with E-state index in [1.807, 2.05) is 32.0 Å². The van der Waals surface area contributed by atoms with E-state index in [1.165, 1.54) is 0 Å². The summed E-state index contributed by atoms with van der Waals surface area (Å²) in [5.74, 6) is -0.340. The van der Waals surface area contributed by atoms with Crippen molar-refractivity contribution in [1.29, 1.82) is 0 Å². The van der Waals surface area contributed by atoms with Gasteiger partial charge in [-0.1, -0.05) is 12.1 Å². The van der Waals surface area contributed by atoms with Crippen LogP contribution in [0.1, 0.15) is 22.8 Å². The van der Waals surface area contributed by atoms with Gasteiger partial charge >= 0.3 is 5.00 Å². The van der Waals surface area contributed by atoms with Gasteiger partial charge in [-0.15, -0.1) is 0 Å². The van der Waals surface area contributed by atoms with Crippen LogP contribution in [0.15, 0.2) is 24.4 Å². The molecule has 21 heavy (non-hydrogen) atoms. The molecule has 1 aromatic carbocycles. The average molecular weight is 306 g/mol. The zero-order valence-electron chi connectivity index (χ0n) is 11.5. The van der Waals surface area contributed by atoms with Crippen LogP contribution in [0.25, 0.3) is 0 Å². The van der Waals surface area contributed by atoms with Crippen molar-refractivity contribution in [1.82, 2.24) is 4.98 Å². The number of carbonyl (C=O) groups excluding carboxylic acids is 1. The maximum absolute atomic E-state index is 12.4. The van der Waals surface area contributed by atoms with E-state index in [4.69, 9.17) is 0 Å². The SMILES string of the molecule is CCNc1cccc(C)c1C(=O)Nc1ncc([N+](=O)[O-])s1. The van der Waals surface area contributed by atoms with Gasteiger partial charge in [0.15, 0.2) is 5.13 Å². The van der Waals surface area contributed by atoms with Crippen molar-refractivity contribution >= 4 is 33.1 Å². The predicted molar refractivity (Wildman–Crippen MR) is 82.1 cm³/mol. The summed E-state index contributed by atoms with van der Waals surface area (Å²) in [7, 11) is 0. The van der Waals surface area contributed by atoms with Crippen molar-refractivity contribution in [2.45, 2.75) is 13.8 Å². The molecule has 8 heteroatoms. The zero-order valence-corrected chi connectivity index (χ0v) is 12.4. The van der Waals surface area contributed by atoms with Crippen LogP contribution in [0.5, 0.6) is 0 Å². The number of thiazole rings is 1. The summed E-state index contributed by atoms with van der Waals surface area (Å²) in [6.07, 6.45) is 1.13. The minimum atomic E-state index is -0.537. The van der Waals surface area contributed by atoms with Crippen molar-refractivity contribution in [3.8, 4) is 0 Å². The number of hydrogen-bond donors (Lipinski definition) is 2. The van der Waals surface area contributed by atoms with Crippen molar-refractivity contribution in [2.24, 2.45) is 0 Å². The third-order valence-corrected chi connectivity index (χ3v) is 3.63. The van der Waals surface area contributed by atoms with Crippen LogP contribution in [0.4, 0.5) is 15.8 Å². The van der Waals surface area contributed by atoms with Gasteiger partial charge in [-0.05, 0) is 36.8 Å². The van der Waals surface area contributed by atoms with E-state index >= 15 is 0 Å². The van der Waals surface area contributed by atoms with E-state index in [1.54, 1.807) is 0 Å². The summed E-state index contributed by atoms with van der Waals surface area (Å²) in [4.78, 5) is 26.3. The smallest absolute Gasteiger partial charge is 0.345 e. The Hall–Kier alpha value is -2.48. The Kier molecular flexibility index (Phi) is 4.49. The minimum Gasteiger partial charge on any atom is -0.385 e. The first-order valence-electron chi connectivity index (χ1n) is 6.28. The Balaban J connectivity index is 2.25. The van der Waals surface area contributed by atoms with Crippen LogP contribution in [0.3, 0.4) is 0 Å². The zero-order chi connectivity index (χ0) is 15.4. The fourth-order valence-electron chi connectivity index (χ4n) is 1.87. The average Bonchev–Trinajstić information content (AvgIpc) is 2.87. The van der Waals surface area contributed by atoms with Crippen molar-refractivity contribution in [2.75, 3.05) is 17.2 Å². The lowest BCUT2D eigenvalue weighted by atomic mass is 10.1. The predicted octanol–water partition coefficient (Wildman–Crippen LogP) is 3.04. The number of aromatic nitrogens is 1. The quantitative estimate of drug-likeness (QED) is 0.653. The fourth-order valence-corrected chi connectivity index (χ4v) is 2.50. The molecule has 2 N–H and O–H groups in total. The number of hydrogen-bond acceptors (Lipinski definition) is 6. The molecule has 0 radical (unpaired) electrons. The molecule has 0 spiro atoms. The minimum absolute atomic E-state index is 0.109. The lowest BCUT2D eigenvalue weighted by Crippen LogP contribution is -2.16. The fraction of sp³-hybridized carbons (Fsp3) is 0.231. The Morgan fingerprint density at radius 2 is 2.24 bits per heavy atom. The normalized spacial score (nSPS) is 10.2. The molecule has 0 saturated heterocycles. The summed E-state index contributed by atoms with van der Waals surface area (Å²) in [6, 6.07) is 5.51. The second kappa shape index (κ2) is 6.31. The number of rotatable bonds is 5. The summed E-state index contributed by atoms with van der Waals surface area (Å²) < 4.78 is 0. The van der Waals surface area contributed by atoms with Gasteiger partial charge in [0.25, 0.3) is 5.91 Å². The van der Waals surface area contributed by atoms with Gasteiger partial charge in [-0.2, -0.15) is 0 Å². The molecule has 2 rings (SSSR count). The molecule has 1 aromatic heterocycles. The molecule has 7 nitrogen and oxygen atoms in total. The van der Waals surface area contributed by atoms with Crippen LogP contribution in [0.2, 0.25) is 0 Å². The molecule has 0 fully saturated rings. The van der Waals surface area contributed by atoms with Crippen LogP contribution >= 0.6 is 11.3 Å². The Morgan fingerprint density at radius 1 is 1.48 bits per heavy atom. The van der Waals surface area contributed by atoms with Crippen LogP contribution in [-0.4, -0.2) is 22.4 Å². The molecular weight excluding hydrogens is 292 g/mol. The van der Waals surface area contributed by atoms with Crippen molar-refractivity contribution in [3.63, 3.8) is 0 Å². The van der Waals surface area contributed by atoms with E-state index in [-0.39, 0.29) is 16.0 Å². The number of nitrogens with zero attached hydrogens (tertiary/aromatic N) is 2. The Labute approximate surface area is 125 Å². The summed E-state index contributed by atoms with van der Waals surface area (Å²) >= 11 is 0.827. The third-order valence-electron chi connectivity index (χ3n) is 2.76. The number of amides is 1. The maximum Gasteiger partial charge on any atom is 0.345 e. The van der Waals surface area contributed by atoms with Gasteiger partial charge in [-0.25, -0.2) is 4.98 Å². The molecular formula is C13H14N4O3S. The first-order valence-corrected chi connectivity index (χ1v) is 7.09. The maximum atomic E-state index is 12.4. The Bertz CT molecular complexity index is 684. The highest BCUT2D eigenvalue weighted by Crippen LogP contribution is 2.27. The number of nitro groups is 1. The number of aryl methyl sites for hydroxylation is 1. The van der Waals surface area contributed by atoms with E-state index in [9.17, 15) is 14.9 Å². The molecule has 0 aliphatic rings. The van der Waals surface area contributed by atoms with Crippen molar-refractivity contribution in [3.05, 3.63) is 45.6 Å². The lowest BCUT2D eigenvalue weighted by molar-refractivity contribution is -0.380. The van der Waals surface area contributed by atoms with Crippen LogP contribution in [-0.2, 0) is 0 Å². The third kappa shape index (κ3) is 3.34. The Morgan fingerprint density at radius 3 is 2.86 bits per heavy atom. The second-order valence-corrected chi connectivity index (χ2v) is 5.25. The molecule has 0 bridgehead atoms. The molecule has 0 aliphatic carbocycles. The van der Waals surface area contributed by atoms with Crippen LogP contribution in [0, 0.1) is 17.0 Å². The van der Waals surface area contributed by atoms with Gasteiger partial charge in [0.05, 0.1) is 10.5 Å². The lowest BCUT2D eigenvalue weighted by Gasteiger charge is -2.12. The van der Waals surface area contributed by atoms with Crippen LogP contribution < -0.4 is 10.6 Å². The van der Waals surface area contributed by atoms with Gasteiger partial charge in [0, 0.05) is 12.2 Å². The highest BCUT2D eigenvalue weighted by Gasteiger charge is 2.17. The summed E-state index contributed by atoms with van der Waals surface area (Å²) in [6.45, 7) is 4.46. The van der Waals surface area contributed by atoms with Gasteiger partial charge < -0.3 is 5.32 Å². The van der Waals surface area contributed by atoms with E-state index in [2.05, 4.69) is 15.6 Å². The highest BCUT2D eigenvalue weighted by molar-refractivity contribution is 7.18. The van der Waals surface area contributed by atoms with E-state index in [0.717, 1.165) is 28.8 Å². The first kappa shape index (κ1) is 14.9. The number of nitrogens with one attached hydrogen (secondary N) is 2. The molecule has 0 saturated carbocycles. The molecule has 1 amide bonds. The first-order chi connectivity index (χ1) is 10.0. The van der Waals surface area contributed by atoms with E-state index in [0.29, 0.717) is 12.1 Å². The largest absolute Gasteiger partial charge is 0.385 e. The van der Waals surface area contributed by atoms with Gasteiger partial charge in [-0.3, -0.25) is 20.2 Å². The molecule has 110 valence electrons. The number of carbonyl (C=O) groups is 1. The summed E-state index contributed by atoms with van der Waals surface area (Å²) in [5.41, 5.74) is 2.05.